The molecule has 1 aliphatic heterocycles. The van der Waals surface area contributed by atoms with E-state index in [2.05, 4.69) is 0 Å². The van der Waals surface area contributed by atoms with Crippen LogP contribution in [0.3, 0.4) is 0 Å². The Morgan fingerprint density at radius 1 is 1.50 bits per heavy atom. The number of thiophene rings is 1. The molecule has 0 bridgehead atoms. The summed E-state index contributed by atoms with van der Waals surface area (Å²) in [5.41, 5.74) is -0.652. The third-order valence-corrected chi connectivity index (χ3v) is 5.03. The quantitative estimate of drug-likeness (QED) is 0.661. The van der Waals surface area contributed by atoms with Crippen LogP contribution in [0, 0.1) is 10.1 Å². The summed E-state index contributed by atoms with van der Waals surface area (Å²) >= 11 is 1.26. The maximum Gasteiger partial charge on any atom is 0.304 e. The Bertz CT molecular complexity index is 499. The second-order valence-electron chi connectivity index (χ2n) is 5.61. The third kappa shape index (κ3) is 3.28. The van der Waals surface area contributed by atoms with Crippen LogP contribution in [-0.2, 0) is 0 Å². The highest BCUT2D eigenvalue weighted by molar-refractivity contribution is 7.16. The molecule has 0 aliphatic carbocycles. The van der Waals surface area contributed by atoms with Gasteiger partial charge in [0.05, 0.1) is 16.6 Å². The number of anilines is 1. The number of nitrogens with zero attached hydrogens (tertiary/aromatic N) is 2. The summed E-state index contributed by atoms with van der Waals surface area (Å²) < 4.78 is 0. The number of nitro groups is 1. The monoisotopic (exact) mass is 300 g/mol. The maximum atomic E-state index is 11.2. The van der Waals surface area contributed by atoms with Crippen LogP contribution >= 0.6 is 11.3 Å². The van der Waals surface area contributed by atoms with Crippen LogP contribution in [0.25, 0.3) is 0 Å². The molecule has 1 unspecified atom stereocenters. The van der Waals surface area contributed by atoms with Crippen LogP contribution in [0.1, 0.15) is 44.1 Å². The van der Waals surface area contributed by atoms with E-state index in [1.54, 1.807) is 13.8 Å². The summed E-state index contributed by atoms with van der Waals surface area (Å²) in [6, 6.07) is 1.45. The fourth-order valence-electron chi connectivity index (χ4n) is 2.42. The number of rotatable bonds is 3. The van der Waals surface area contributed by atoms with Gasteiger partial charge in [-0.2, -0.15) is 0 Å². The van der Waals surface area contributed by atoms with Crippen molar-refractivity contribution in [2.75, 3.05) is 18.0 Å². The molecule has 2 heterocycles. The second-order valence-corrected chi connectivity index (χ2v) is 6.67. The van der Waals surface area contributed by atoms with Crippen molar-refractivity contribution in [2.45, 2.75) is 44.8 Å². The van der Waals surface area contributed by atoms with Gasteiger partial charge in [-0.3, -0.25) is 10.1 Å². The maximum absolute atomic E-state index is 11.2. The Kier molecular flexibility index (Phi) is 4.31. The molecule has 0 amide bonds. The van der Waals surface area contributed by atoms with Crippen molar-refractivity contribution in [3.63, 3.8) is 0 Å². The van der Waals surface area contributed by atoms with E-state index in [1.165, 1.54) is 17.4 Å². The molecule has 0 spiro atoms. The lowest BCUT2D eigenvalue weighted by atomic mass is 9.98. The first-order valence-electron chi connectivity index (χ1n) is 6.74. The highest BCUT2D eigenvalue weighted by Crippen LogP contribution is 2.41. The van der Waals surface area contributed by atoms with E-state index in [1.807, 2.05) is 4.90 Å². The molecule has 1 aromatic heterocycles. The van der Waals surface area contributed by atoms with Crippen molar-refractivity contribution in [1.29, 1.82) is 0 Å². The Hall–Kier alpha value is -1.18. The van der Waals surface area contributed by atoms with E-state index in [0.717, 1.165) is 6.42 Å². The molecular weight excluding hydrogens is 280 g/mol. The molecule has 0 saturated carbocycles. The summed E-state index contributed by atoms with van der Waals surface area (Å²) in [5.74, 6) is 0. The predicted octanol–water partition coefficient (Wildman–Crippen LogP) is 2.45. The van der Waals surface area contributed by atoms with Gasteiger partial charge < -0.3 is 15.1 Å². The van der Waals surface area contributed by atoms with Gasteiger partial charge in [0.15, 0.2) is 5.00 Å². The minimum Gasteiger partial charge on any atom is -0.390 e. The molecule has 1 fully saturated rings. The van der Waals surface area contributed by atoms with E-state index in [9.17, 15) is 20.3 Å². The van der Waals surface area contributed by atoms with Gasteiger partial charge >= 0.3 is 5.69 Å². The molecule has 0 radical (unpaired) electrons. The molecule has 6 nitrogen and oxygen atoms in total. The van der Waals surface area contributed by atoms with Gasteiger partial charge in [0, 0.05) is 24.0 Å². The van der Waals surface area contributed by atoms with E-state index >= 15 is 0 Å². The second kappa shape index (κ2) is 5.67. The van der Waals surface area contributed by atoms with E-state index in [-0.39, 0.29) is 5.69 Å². The van der Waals surface area contributed by atoms with Crippen LogP contribution in [0.2, 0.25) is 0 Å². The zero-order valence-corrected chi connectivity index (χ0v) is 12.5. The molecule has 2 N–H and O–H groups in total. The van der Waals surface area contributed by atoms with E-state index < -0.39 is 16.6 Å². The lowest BCUT2D eigenvalue weighted by Crippen LogP contribution is -2.28. The van der Waals surface area contributed by atoms with Crippen LogP contribution in [0.5, 0.6) is 0 Å². The number of hydrogen-bond donors (Lipinski definition) is 2. The normalized spacial score (nSPS) is 25.3. The summed E-state index contributed by atoms with van der Waals surface area (Å²) in [5, 5.41) is 31.5. The highest BCUT2D eigenvalue weighted by Gasteiger charge is 2.30. The van der Waals surface area contributed by atoms with Crippen LogP contribution in [0.15, 0.2) is 6.07 Å². The number of aliphatic hydroxyl groups excluding tert-OH is 1. The van der Waals surface area contributed by atoms with Gasteiger partial charge in [0.25, 0.3) is 0 Å². The zero-order valence-electron chi connectivity index (χ0n) is 11.7. The minimum atomic E-state index is -0.706. The van der Waals surface area contributed by atoms with E-state index in [4.69, 9.17) is 0 Å². The molecule has 2 atom stereocenters. The standard InChI is InChI=1S/C13H20N2O4S/c1-9(16)11-8-10(15(18)19)12(20-11)14-6-3-4-13(2,17)5-7-14/h8-9,16-17H,3-7H2,1-2H3/t9-,13?/m1/s1. The fourth-order valence-corrected chi connectivity index (χ4v) is 3.53. The Labute approximate surface area is 121 Å². The first-order chi connectivity index (χ1) is 9.30. The first kappa shape index (κ1) is 15.2. The van der Waals surface area contributed by atoms with Crippen molar-refractivity contribution >= 4 is 22.0 Å². The lowest BCUT2D eigenvalue weighted by molar-refractivity contribution is -0.383. The van der Waals surface area contributed by atoms with Gasteiger partial charge in [0.1, 0.15) is 0 Å². The molecule has 2 rings (SSSR count). The predicted molar refractivity (Wildman–Crippen MR) is 78.3 cm³/mol. The van der Waals surface area contributed by atoms with Gasteiger partial charge in [0.2, 0.25) is 0 Å². The molecule has 1 aliphatic rings. The Morgan fingerprint density at radius 2 is 2.20 bits per heavy atom. The van der Waals surface area contributed by atoms with Crippen LogP contribution < -0.4 is 4.90 Å². The minimum absolute atomic E-state index is 0.0486. The summed E-state index contributed by atoms with van der Waals surface area (Å²) in [7, 11) is 0. The van der Waals surface area contributed by atoms with Crippen molar-refractivity contribution < 1.29 is 15.1 Å². The van der Waals surface area contributed by atoms with Crippen molar-refractivity contribution in [3.05, 3.63) is 21.1 Å². The number of hydrogen-bond acceptors (Lipinski definition) is 6. The summed E-state index contributed by atoms with van der Waals surface area (Å²) in [6.07, 6.45) is 1.38. The largest absolute Gasteiger partial charge is 0.390 e. The average molecular weight is 300 g/mol. The Morgan fingerprint density at radius 3 is 2.80 bits per heavy atom. The smallest absolute Gasteiger partial charge is 0.304 e. The zero-order chi connectivity index (χ0) is 14.9. The average Bonchev–Trinajstić information content (AvgIpc) is 2.71. The number of aliphatic hydroxyl groups is 2. The van der Waals surface area contributed by atoms with Gasteiger partial charge in [-0.25, -0.2) is 0 Å². The van der Waals surface area contributed by atoms with Gasteiger partial charge in [-0.15, -0.1) is 11.3 Å². The molecule has 20 heavy (non-hydrogen) atoms. The first-order valence-corrected chi connectivity index (χ1v) is 7.55. The molecule has 1 saturated heterocycles. The molecule has 112 valence electrons. The SMILES string of the molecule is C[C@@H](O)c1cc([N+](=O)[O-])c(N2CCCC(C)(O)CC2)s1. The van der Waals surface area contributed by atoms with Crippen molar-refractivity contribution in [3.8, 4) is 0 Å². The van der Waals surface area contributed by atoms with Crippen LogP contribution in [0.4, 0.5) is 10.7 Å². The third-order valence-electron chi connectivity index (χ3n) is 3.67. The lowest BCUT2D eigenvalue weighted by Gasteiger charge is -2.22. The fraction of sp³-hybridized carbons (Fsp3) is 0.692. The van der Waals surface area contributed by atoms with Crippen molar-refractivity contribution in [1.82, 2.24) is 0 Å². The summed E-state index contributed by atoms with van der Waals surface area (Å²) in [4.78, 5) is 13.3. The van der Waals surface area contributed by atoms with Gasteiger partial charge in [-0.05, 0) is 33.1 Å². The molecule has 7 heteroatoms. The van der Waals surface area contributed by atoms with Crippen molar-refractivity contribution in [2.24, 2.45) is 0 Å². The molecular formula is C13H20N2O4S. The molecule has 0 aromatic carbocycles. The molecule has 1 aromatic rings. The van der Waals surface area contributed by atoms with E-state index in [0.29, 0.717) is 35.8 Å². The summed E-state index contributed by atoms with van der Waals surface area (Å²) in [6.45, 7) is 4.69. The topological polar surface area (TPSA) is 86.8 Å². The highest BCUT2D eigenvalue weighted by atomic mass is 32.1. The Balaban J connectivity index is 2.29. The van der Waals surface area contributed by atoms with Gasteiger partial charge in [-0.1, -0.05) is 0 Å². The van der Waals surface area contributed by atoms with Crippen LogP contribution in [-0.4, -0.2) is 33.8 Å².